The van der Waals surface area contributed by atoms with Gasteiger partial charge >= 0.3 is 0 Å². The van der Waals surface area contributed by atoms with Gasteiger partial charge in [-0.05, 0) is 100 Å². The molecule has 0 bridgehead atoms. The third-order valence-electron chi connectivity index (χ3n) is 9.32. The maximum atomic E-state index is 14.4. The van der Waals surface area contributed by atoms with Gasteiger partial charge < -0.3 is 19.3 Å². The van der Waals surface area contributed by atoms with Gasteiger partial charge in [0.05, 0.1) is 46.8 Å². The van der Waals surface area contributed by atoms with E-state index in [1.54, 1.807) is 0 Å². The summed E-state index contributed by atoms with van der Waals surface area (Å²) >= 11 is 0. The molecule has 1 fully saturated rings. The standard InChI is InChI=1S/C42H40N4O4/c1-5-49-31-19-15-29(16-20-31)39-23-35(33-11-7-9-13-37(33)43-39)41(47)45-25-28(4)46(26-27(45)3)42(48)36-24-40(44-38-14-10-8-12-34(36)38)30-17-21-32(22-18-30)50-6-2/h7-24,27-28H,5-6,25-26H2,1-4H3/t27-,28-/m1/s1. The number of rotatable bonds is 8. The second kappa shape index (κ2) is 14.0. The fourth-order valence-corrected chi connectivity index (χ4v) is 6.78. The number of piperazine rings is 1. The summed E-state index contributed by atoms with van der Waals surface area (Å²) in [5.41, 5.74) is 5.94. The first-order chi connectivity index (χ1) is 24.3. The average Bonchev–Trinajstić information content (AvgIpc) is 3.15. The first-order valence-electron chi connectivity index (χ1n) is 17.2. The van der Waals surface area contributed by atoms with E-state index in [0.29, 0.717) is 37.4 Å². The number of pyridine rings is 2. The normalized spacial score (nSPS) is 16.1. The van der Waals surface area contributed by atoms with Gasteiger partial charge in [0.25, 0.3) is 11.8 Å². The van der Waals surface area contributed by atoms with Gasteiger partial charge in [0, 0.05) is 47.1 Å². The maximum absolute atomic E-state index is 14.4. The van der Waals surface area contributed by atoms with Crippen molar-refractivity contribution in [1.29, 1.82) is 0 Å². The van der Waals surface area contributed by atoms with Gasteiger partial charge in [0.2, 0.25) is 0 Å². The molecule has 0 unspecified atom stereocenters. The molecule has 0 aliphatic carbocycles. The molecule has 0 N–H and O–H groups in total. The molecular formula is C42H40N4O4. The minimum Gasteiger partial charge on any atom is -0.494 e. The number of fused-ring (bicyclic) bond motifs is 2. The molecule has 50 heavy (non-hydrogen) atoms. The molecule has 7 rings (SSSR count). The zero-order valence-corrected chi connectivity index (χ0v) is 28.8. The number of carbonyl (C=O) groups is 2. The van der Waals surface area contributed by atoms with Crippen molar-refractivity contribution in [3.05, 3.63) is 120 Å². The molecule has 8 heteroatoms. The van der Waals surface area contributed by atoms with E-state index in [1.165, 1.54) is 0 Å². The Morgan fingerprint density at radius 3 is 1.36 bits per heavy atom. The average molecular weight is 665 g/mol. The molecule has 1 aliphatic rings. The van der Waals surface area contributed by atoms with Crippen LogP contribution in [0.1, 0.15) is 48.4 Å². The Morgan fingerprint density at radius 2 is 0.980 bits per heavy atom. The molecule has 1 aliphatic heterocycles. The molecule has 6 aromatic rings. The van der Waals surface area contributed by atoms with Crippen molar-refractivity contribution in [2.45, 2.75) is 39.8 Å². The van der Waals surface area contributed by atoms with E-state index in [1.807, 2.05) is 147 Å². The first-order valence-corrected chi connectivity index (χ1v) is 17.2. The molecule has 2 amide bonds. The minimum atomic E-state index is -0.220. The molecule has 2 aromatic heterocycles. The Balaban J connectivity index is 1.18. The minimum absolute atomic E-state index is 0.0746. The summed E-state index contributed by atoms with van der Waals surface area (Å²) in [6.45, 7) is 9.90. The summed E-state index contributed by atoms with van der Waals surface area (Å²) in [7, 11) is 0. The summed E-state index contributed by atoms with van der Waals surface area (Å²) in [5.74, 6) is 1.43. The van der Waals surface area contributed by atoms with Gasteiger partial charge in [-0.1, -0.05) is 36.4 Å². The monoisotopic (exact) mass is 664 g/mol. The van der Waals surface area contributed by atoms with Crippen LogP contribution >= 0.6 is 0 Å². The highest BCUT2D eigenvalue weighted by atomic mass is 16.5. The van der Waals surface area contributed by atoms with E-state index >= 15 is 0 Å². The molecule has 4 aromatic carbocycles. The Labute approximate surface area is 292 Å². The van der Waals surface area contributed by atoms with E-state index in [4.69, 9.17) is 19.4 Å². The molecule has 0 spiro atoms. The highest BCUT2D eigenvalue weighted by Crippen LogP contribution is 2.31. The van der Waals surface area contributed by atoms with E-state index in [-0.39, 0.29) is 23.9 Å². The van der Waals surface area contributed by atoms with E-state index in [2.05, 4.69) is 0 Å². The van der Waals surface area contributed by atoms with Crippen molar-refractivity contribution in [2.75, 3.05) is 26.3 Å². The van der Waals surface area contributed by atoms with Crippen molar-refractivity contribution in [3.8, 4) is 34.0 Å². The van der Waals surface area contributed by atoms with E-state index in [0.717, 1.165) is 55.8 Å². The molecule has 3 heterocycles. The van der Waals surface area contributed by atoms with Crippen LogP contribution in [0, 0.1) is 0 Å². The second-order valence-corrected chi connectivity index (χ2v) is 12.7. The topological polar surface area (TPSA) is 84.9 Å². The van der Waals surface area contributed by atoms with Crippen molar-refractivity contribution in [1.82, 2.24) is 19.8 Å². The SMILES string of the molecule is CCOc1ccc(-c2cc(C(=O)N3C[C@@H](C)N(C(=O)c4cc(-c5ccc(OCC)cc5)nc5ccccc45)C[C@H]3C)c3ccccc3n2)cc1. The third-order valence-corrected chi connectivity index (χ3v) is 9.32. The van der Waals surface area contributed by atoms with Crippen molar-refractivity contribution in [3.63, 3.8) is 0 Å². The predicted octanol–water partition coefficient (Wildman–Crippen LogP) is 8.29. The van der Waals surface area contributed by atoms with E-state index < -0.39 is 0 Å². The van der Waals surface area contributed by atoms with Crippen LogP contribution in [0.4, 0.5) is 0 Å². The summed E-state index contributed by atoms with van der Waals surface area (Å²) in [6.07, 6.45) is 0. The van der Waals surface area contributed by atoms with Gasteiger partial charge in [-0.3, -0.25) is 9.59 Å². The zero-order valence-electron chi connectivity index (χ0n) is 28.8. The largest absolute Gasteiger partial charge is 0.494 e. The number of ether oxygens (including phenoxy) is 2. The molecule has 8 nitrogen and oxygen atoms in total. The number of hydrogen-bond donors (Lipinski definition) is 0. The van der Waals surface area contributed by atoms with Crippen LogP contribution in [-0.2, 0) is 0 Å². The summed E-state index contributed by atoms with van der Waals surface area (Å²) in [4.78, 5) is 42.5. The first kappa shape index (κ1) is 32.8. The predicted molar refractivity (Wildman–Crippen MR) is 198 cm³/mol. The van der Waals surface area contributed by atoms with Crippen LogP contribution < -0.4 is 9.47 Å². The zero-order chi connectivity index (χ0) is 34.8. The number of amides is 2. The Morgan fingerprint density at radius 1 is 0.600 bits per heavy atom. The fourth-order valence-electron chi connectivity index (χ4n) is 6.78. The Hall–Kier alpha value is -5.76. The summed E-state index contributed by atoms with van der Waals surface area (Å²) in [5, 5.41) is 1.60. The van der Waals surface area contributed by atoms with Crippen molar-refractivity contribution < 1.29 is 19.1 Å². The van der Waals surface area contributed by atoms with Crippen LogP contribution in [0.5, 0.6) is 11.5 Å². The van der Waals surface area contributed by atoms with Gasteiger partial charge in [0.1, 0.15) is 11.5 Å². The maximum Gasteiger partial charge on any atom is 0.254 e. The lowest BCUT2D eigenvalue weighted by molar-refractivity contribution is 0.0272. The van der Waals surface area contributed by atoms with E-state index in [9.17, 15) is 9.59 Å². The lowest BCUT2D eigenvalue weighted by atomic mass is 9.99. The van der Waals surface area contributed by atoms with Crippen molar-refractivity contribution >= 4 is 33.6 Å². The summed E-state index contributed by atoms with van der Waals surface area (Å²) < 4.78 is 11.3. The quantitative estimate of drug-likeness (QED) is 0.163. The second-order valence-electron chi connectivity index (χ2n) is 12.7. The van der Waals surface area contributed by atoms with Gasteiger partial charge in [-0.2, -0.15) is 0 Å². The number of hydrogen-bond acceptors (Lipinski definition) is 6. The highest BCUT2D eigenvalue weighted by molar-refractivity contribution is 6.09. The summed E-state index contributed by atoms with van der Waals surface area (Å²) in [6, 6.07) is 34.4. The number of aromatic nitrogens is 2. The van der Waals surface area contributed by atoms with Gasteiger partial charge in [-0.15, -0.1) is 0 Å². The number of nitrogens with zero attached hydrogens (tertiary/aromatic N) is 4. The van der Waals surface area contributed by atoms with Crippen molar-refractivity contribution in [2.24, 2.45) is 0 Å². The fraction of sp³-hybridized carbons (Fsp3) is 0.238. The highest BCUT2D eigenvalue weighted by Gasteiger charge is 2.36. The van der Waals surface area contributed by atoms with Gasteiger partial charge in [-0.25, -0.2) is 9.97 Å². The van der Waals surface area contributed by atoms with Crippen LogP contribution in [0.3, 0.4) is 0 Å². The number of para-hydroxylation sites is 2. The Bertz CT molecular complexity index is 2030. The lowest BCUT2D eigenvalue weighted by Crippen LogP contribution is -2.59. The Kier molecular flexibility index (Phi) is 9.17. The third kappa shape index (κ3) is 6.36. The lowest BCUT2D eigenvalue weighted by Gasteiger charge is -2.44. The van der Waals surface area contributed by atoms with Crippen LogP contribution in [0.15, 0.2) is 109 Å². The molecule has 0 radical (unpaired) electrons. The molecule has 1 saturated heterocycles. The molecule has 2 atom stereocenters. The molecule has 252 valence electrons. The van der Waals surface area contributed by atoms with Crippen LogP contribution in [0.25, 0.3) is 44.3 Å². The smallest absolute Gasteiger partial charge is 0.254 e. The van der Waals surface area contributed by atoms with Crippen LogP contribution in [-0.4, -0.2) is 70.0 Å². The van der Waals surface area contributed by atoms with Crippen LogP contribution in [0.2, 0.25) is 0 Å². The number of carbonyl (C=O) groups excluding carboxylic acids is 2. The number of benzene rings is 4. The molecular weight excluding hydrogens is 624 g/mol. The molecule has 0 saturated carbocycles. The van der Waals surface area contributed by atoms with Gasteiger partial charge in [0.15, 0.2) is 0 Å².